The Hall–Kier alpha value is -1.76. The van der Waals surface area contributed by atoms with E-state index in [0.29, 0.717) is 28.9 Å². The van der Waals surface area contributed by atoms with Crippen LogP contribution in [0.1, 0.15) is 45.8 Å². The van der Waals surface area contributed by atoms with Gasteiger partial charge in [0.1, 0.15) is 17.6 Å². The summed E-state index contributed by atoms with van der Waals surface area (Å²) < 4.78 is 16.6. The summed E-state index contributed by atoms with van der Waals surface area (Å²) in [6, 6.07) is 1.78. The van der Waals surface area contributed by atoms with E-state index in [1.807, 2.05) is 6.92 Å². The Morgan fingerprint density at radius 1 is 1.38 bits per heavy atom. The number of ether oxygens (including phenoxy) is 1. The number of thioether (sulfide) groups is 1. The van der Waals surface area contributed by atoms with Crippen molar-refractivity contribution in [3.05, 3.63) is 18.1 Å². The first-order chi connectivity index (χ1) is 12.4. The lowest BCUT2D eigenvalue weighted by Gasteiger charge is -2.36. The van der Waals surface area contributed by atoms with E-state index < -0.39 is 0 Å². The predicted octanol–water partition coefficient (Wildman–Crippen LogP) is 4.73. The fourth-order valence-corrected chi connectivity index (χ4v) is 4.10. The third kappa shape index (κ3) is 4.50. The van der Waals surface area contributed by atoms with Gasteiger partial charge in [-0.25, -0.2) is 0 Å². The molecule has 2 aromatic heterocycles. The summed E-state index contributed by atoms with van der Waals surface area (Å²) in [6.07, 6.45) is 4.88. The van der Waals surface area contributed by atoms with Crippen LogP contribution in [0, 0.1) is 24.7 Å². The summed E-state index contributed by atoms with van der Waals surface area (Å²) in [5.41, 5.74) is 0.767. The van der Waals surface area contributed by atoms with Crippen molar-refractivity contribution in [2.24, 2.45) is 17.8 Å². The van der Waals surface area contributed by atoms with Crippen molar-refractivity contribution in [2.45, 2.75) is 58.3 Å². The van der Waals surface area contributed by atoms with Gasteiger partial charge in [-0.15, -0.1) is 10.2 Å². The fraction of sp³-hybridized carbons (Fsp3) is 0.632. The molecular weight excluding hydrogens is 352 g/mol. The minimum atomic E-state index is -0.223. The van der Waals surface area contributed by atoms with E-state index in [4.69, 9.17) is 13.6 Å². The predicted molar refractivity (Wildman–Crippen MR) is 98.7 cm³/mol. The quantitative estimate of drug-likeness (QED) is 0.531. The lowest BCUT2D eigenvalue weighted by molar-refractivity contribution is -0.152. The first kappa shape index (κ1) is 19.0. The molecule has 2 aromatic rings. The summed E-state index contributed by atoms with van der Waals surface area (Å²) in [7, 11) is 0. The second-order valence-corrected chi connectivity index (χ2v) is 8.33. The number of carbonyl (C=O) groups excluding carboxylic acids is 1. The number of nitrogens with zero attached hydrogens (tertiary/aromatic N) is 2. The van der Waals surface area contributed by atoms with Crippen LogP contribution >= 0.6 is 11.8 Å². The molecule has 1 saturated carbocycles. The van der Waals surface area contributed by atoms with Crippen molar-refractivity contribution in [2.75, 3.05) is 5.75 Å². The van der Waals surface area contributed by atoms with Gasteiger partial charge in [-0.2, -0.15) is 0 Å². The molecule has 6 nitrogen and oxygen atoms in total. The number of aryl methyl sites for hydroxylation is 1. The van der Waals surface area contributed by atoms with E-state index in [1.165, 1.54) is 18.2 Å². The van der Waals surface area contributed by atoms with Crippen LogP contribution in [0.4, 0.5) is 0 Å². The van der Waals surface area contributed by atoms with Crippen LogP contribution in [0.5, 0.6) is 0 Å². The standard InChI is InChI=1S/C19H26N2O4S/c1-11(2)14-6-5-12(3)9-16(14)24-17(22)10-26-19-21-20-18(25-19)15-7-8-23-13(15)4/h7-8,11-12,14,16H,5-6,9-10H2,1-4H3/t12-,14-,16-/m0/s1. The molecule has 3 rings (SSSR count). The molecule has 1 aliphatic carbocycles. The van der Waals surface area contributed by atoms with Crippen molar-refractivity contribution in [1.29, 1.82) is 0 Å². The van der Waals surface area contributed by atoms with E-state index in [-0.39, 0.29) is 17.8 Å². The SMILES string of the molecule is Cc1occc1-c1nnc(SCC(=O)O[C@H]2C[C@@H](C)CC[C@H]2C(C)C)o1. The van der Waals surface area contributed by atoms with E-state index in [0.717, 1.165) is 24.2 Å². The van der Waals surface area contributed by atoms with Gasteiger partial charge in [0.2, 0.25) is 0 Å². The zero-order valence-electron chi connectivity index (χ0n) is 15.7. The van der Waals surface area contributed by atoms with E-state index in [9.17, 15) is 4.79 Å². The number of hydrogen-bond acceptors (Lipinski definition) is 7. The van der Waals surface area contributed by atoms with Crippen LogP contribution in [0.2, 0.25) is 0 Å². The Balaban J connectivity index is 1.54. The summed E-state index contributed by atoms with van der Waals surface area (Å²) in [4.78, 5) is 12.3. The number of furan rings is 1. The molecular formula is C19H26N2O4S. The molecule has 0 bridgehead atoms. The van der Waals surface area contributed by atoms with Crippen LogP contribution in [-0.2, 0) is 9.53 Å². The lowest BCUT2D eigenvalue weighted by Crippen LogP contribution is -2.36. The zero-order valence-corrected chi connectivity index (χ0v) is 16.5. The summed E-state index contributed by atoms with van der Waals surface area (Å²) in [6.45, 7) is 8.46. The summed E-state index contributed by atoms with van der Waals surface area (Å²) >= 11 is 1.21. The first-order valence-corrected chi connectivity index (χ1v) is 10.1. The van der Waals surface area contributed by atoms with Crippen LogP contribution in [-0.4, -0.2) is 28.0 Å². The number of rotatable bonds is 6. The molecule has 0 radical (unpaired) electrons. The Bertz CT molecular complexity index is 739. The highest BCUT2D eigenvalue weighted by Gasteiger charge is 2.33. The van der Waals surface area contributed by atoms with Gasteiger partial charge >= 0.3 is 5.97 Å². The van der Waals surface area contributed by atoms with Crippen molar-refractivity contribution >= 4 is 17.7 Å². The number of aromatic nitrogens is 2. The van der Waals surface area contributed by atoms with Crippen molar-refractivity contribution in [3.8, 4) is 11.5 Å². The maximum Gasteiger partial charge on any atom is 0.316 e. The Labute approximate surface area is 158 Å². The van der Waals surface area contributed by atoms with Gasteiger partial charge in [0.25, 0.3) is 11.1 Å². The minimum absolute atomic E-state index is 0.0127. The maximum atomic E-state index is 12.3. The normalized spacial score (nSPS) is 23.3. The highest BCUT2D eigenvalue weighted by molar-refractivity contribution is 7.99. The van der Waals surface area contributed by atoms with Gasteiger partial charge in [-0.3, -0.25) is 4.79 Å². The molecule has 3 atom stereocenters. The molecule has 0 saturated heterocycles. The lowest BCUT2D eigenvalue weighted by atomic mass is 9.75. The molecule has 0 unspecified atom stereocenters. The highest BCUT2D eigenvalue weighted by atomic mass is 32.2. The van der Waals surface area contributed by atoms with Gasteiger partial charge in [0, 0.05) is 0 Å². The maximum absolute atomic E-state index is 12.3. The van der Waals surface area contributed by atoms with Gasteiger partial charge in [-0.05, 0) is 43.6 Å². The highest BCUT2D eigenvalue weighted by Crippen LogP contribution is 2.35. The smallest absolute Gasteiger partial charge is 0.316 e. The third-order valence-electron chi connectivity index (χ3n) is 5.05. The van der Waals surface area contributed by atoms with Gasteiger partial charge in [0.15, 0.2) is 0 Å². The molecule has 0 aliphatic heterocycles. The van der Waals surface area contributed by atoms with Gasteiger partial charge in [0.05, 0.1) is 11.8 Å². The molecule has 2 heterocycles. The minimum Gasteiger partial charge on any atom is -0.469 e. The monoisotopic (exact) mass is 378 g/mol. The van der Waals surface area contributed by atoms with E-state index >= 15 is 0 Å². The Morgan fingerprint density at radius 2 is 2.19 bits per heavy atom. The third-order valence-corrected chi connectivity index (χ3v) is 5.85. The molecule has 142 valence electrons. The number of carbonyl (C=O) groups is 1. The summed E-state index contributed by atoms with van der Waals surface area (Å²) in [5.74, 6) is 2.63. The number of esters is 1. The van der Waals surface area contributed by atoms with E-state index in [2.05, 4.69) is 31.0 Å². The second-order valence-electron chi connectivity index (χ2n) is 7.41. The average molecular weight is 378 g/mol. The van der Waals surface area contributed by atoms with Crippen LogP contribution in [0.25, 0.3) is 11.5 Å². The number of hydrogen-bond donors (Lipinski definition) is 0. The van der Waals surface area contributed by atoms with Gasteiger partial charge in [-0.1, -0.05) is 39.0 Å². The van der Waals surface area contributed by atoms with E-state index in [1.54, 1.807) is 12.3 Å². The molecule has 0 N–H and O–H groups in total. The van der Waals surface area contributed by atoms with Gasteiger partial charge < -0.3 is 13.6 Å². The van der Waals surface area contributed by atoms with Crippen LogP contribution in [0.15, 0.2) is 26.4 Å². The zero-order chi connectivity index (χ0) is 18.7. The molecule has 26 heavy (non-hydrogen) atoms. The molecule has 0 amide bonds. The molecule has 0 aromatic carbocycles. The van der Waals surface area contributed by atoms with Crippen LogP contribution in [0.3, 0.4) is 0 Å². The van der Waals surface area contributed by atoms with Crippen molar-refractivity contribution in [3.63, 3.8) is 0 Å². The topological polar surface area (TPSA) is 78.4 Å². The Morgan fingerprint density at radius 3 is 2.88 bits per heavy atom. The largest absolute Gasteiger partial charge is 0.469 e. The summed E-state index contributed by atoms with van der Waals surface area (Å²) in [5, 5.41) is 8.35. The molecule has 7 heteroatoms. The fourth-order valence-electron chi connectivity index (χ4n) is 3.56. The van der Waals surface area contributed by atoms with Crippen molar-refractivity contribution < 1.29 is 18.4 Å². The van der Waals surface area contributed by atoms with Crippen molar-refractivity contribution in [1.82, 2.24) is 10.2 Å². The molecule has 1 aliphatic rings. The first-order valence-electron chi connectivity index (χ1n) is 9.14. The van der Waals surface area contributed by atoms with Crippen LogP contribution < -0.4 is 0 Å². The molecule has 1 fully saturated rings. The molecule has 0 spiro atoms. The average Bonchev–Trinajstić information content (AvgIpc) is 3.21. The second kappa shape index (κ2) is 8.29. The Kier molecular flexibility index (Phi) is 6.06.